The molecule has 7 heteroatoms. The third kappa shape index (κ3) is 3.60. The van der Waals surface area contributed by atoms with E-state index >= 15 is 0 Å². The van der Waals surface area contributed by atoms with Crippen LogP contribution in [0.3, 0.4) is 0 Å². The second-order valence-electron chi connectivity index (χ2n) is 4.83. The Morgan fingerprint density at radius 2 is 2.04 bits per heavy atom. The van der Waals surface area contributed by atoms with Gasteiger partial charge in [-0.3, -0.25) is 4.79 Å². The van der Waals surface area contributed by atoms with Gasteiger partial charge in [0, 0.05) is 18.5 Å². The van der Waals surface area contributed by atoms with E-state index in [0.717, 1.165) is 22.0 Å². The molecule has 2 N–H and O–H groups in total. The minimum Gasteiger partial charge on any atom is -0.367 e. The van der Waals surface area contributed by atoms with E-state index in [1.54, 1.807) is 0 Å². The van der Waals surface area contributed by atoms with Crippen LogP contribution in [0.5, 0.6) is 0 Å². The number of halogens is 2. The van der Waals surface area contributed by atoms with Crippen molar-refractivity contribution < 1.29 is 9.18 Å². The zero-order chi connectivity index (χ0) is 16.2. The van der Waals surface area contributed by atoms with Crippen molar-refractivity contribution in [1.82, 2.24) is 9.69 Å². The van der Waals surface area contributed by atoms with Crippen LogP contribution in [0.2, 0.25) is 5.02 Å². The summed E-state index contributed by atoms with van der Waals surface area (Å²) in [6.07, 6.45) is 0. The van der Waals surface area contributed by atoms with Crippen LogP contribution in [0.25, 0.3) is 10.1 Å². The van der Waals surface area contributed by atoms with E-state index in [0.29, 0.717) is 13.1 Å². The molecule has 0 aliphatic rings. The zero-order valence-corrected chi connectivity index (χ0v) is 13.5. The fourth-order valence-corrected chi connectivity index (χ4v) is 3.15. The Balaban J connectivity index is 1.54. The van der Waals surface area contributed by atoms with Gasteiger partial charge in [-0.05, 0) is 41.9 Å². The summed E-state index contributed by atoms with van der Waals surface area (Å²) in [7, 11) is 0. The lowest BCUT2D eigenvalue weighted by Gasteiger charge is -2.08. The van der Waals surface area contributed by atoms with Crippen LogP contribution in [0, 0.1) is 5.82 Å². The highest BCUT2D eigenvalue weighted by Gasteiger charge is 2.10. The monoisotopic (exact) mass is 349 g/mol. The van der Waals surface area contributed by atoms with Crippen molar-refractivity contribution in [3.8, 4) is 0 Å². The van der Waals surface area contributed by atoms with Gasteiger partial charge < -0.3 is 10.6 Å². The standard InChI is InChI=1S/C16H13ClFN3OS/c17-13-9-10(18)5-6-11(13)16(22)20-8-7-19-15-12-3-1-2-4-14(12)23-21-15/h1-6,9H,7-8H2,(H,19,21)(H,20,22). The first-order valence-electron chi connectivity index (χ1n) is 6.96. The predicted octanol–water partition coefficient (Wildman–Crippen LogP) is 3.93. The molecule has 0 aliphatic carbocycles. The largest absolute Gasteiger partial charge is 0.367 e. The smallest absolute Gasteiger partial charge is 0.252 e. The van der Waals surface area contributed by atoms with Crippen LogP contribution in [0.15, 0.2) is 42.5 Å². The number of hydrogen-bond acceptors (Lipinski definition) is 4. The van der Waals surface area contributed by atoms with Gasteiger partial charge in [0.1, 0.15) is 11.6 Å². The molecule has 0 aliphatic heterocycles. The highest BCUT2D eigenvalue weighted by molar-refractivity contribution is 7.13. The van der Waals surface area contributed by atoms with E-state index in [1.807, 2.05) is 24.3 Å². The summed E-state index contributed by atoms with van der Waals surface area (Å²) in [4.78, 5) is 12.0. The number of carbonyl (C=O) groups excluding carboxylic acids is 1. The van der Waals surface area contributed by atoms with E-state index < -0.39 is 5.82 Å². The SMILES string of the molecule is O=C(NCCNc1nsc2ccccc12)c1ccc(F)cc1Cl. The molecule has 0 fully saturated rings. The van der Waals surface area contributed by atoms with Crippen molar-refractivity contribution in [3.05, 3.63) is 58.9 Å². The normalized spacial score (nSPS) is 10.7. The molecule has 23 heavy (non-hydrogen) atoms. The number of hydrogen-bond donors (Lipinski definition) is 2. The molecular formula is C16H13ClFN3OS. The van der Waals surface area contributed by atoms with Crippen molar-refractivity contribution in [2.45, 2.75) is 0 Å². The van der Waals surface area contributed by atoms with Gasteiger partial charge in [0.05, 0.1) is 15.3 Å². The van der Waals surface area contributed by atoms with Gasteiger partial charge in [-0.15, -0.1) is 0 Å². The average Bonchev–Trinajstić information content (AvgIpc) is 2.94. The molecule has 1 amide bonds. The van der Waals surface area contributed by atoms with Crippen molar-refractivity contribution in [2.24, 2.45) is 0 Å². The highest BCUT2D eigenvalue weighted by atomic mass is 35.5. The van der Waals surface area contributed by atoms with Crippen molar-refractivity contribution in [3.63, 3.8) is 0 Å². The van der Waals surface area contributed by atoms with Crippen molar-refractivity contribution >= 4 is 44.9 Å². The number of aromatic nitrogens is 1. The van der Waals surface area contributed by atoms with Crippen LogP contribution >= 0.6 is 23.1 Å². The fraction of sp³-hybridized carbons (Fsp3) is 0.125. The third-order valence-electron chi connectivity index (χ3n) is 3.26. The molecule has 0 unspecified atom stereocenters. The van der Waals surface area contributed by atoms with Gasteiger partial charge >= 0.3 is 0 Å². The minimum absolute atomic E-state index is 0.0981. The maximum atomic E-state index is 13.0. The van der Waals surface area contributed by atoms with Gasteiger partial charge in [0.2, 0.25) is 0 Å². The molecule has 0 saturated carbocycles. The second-order valence-corrected chi connectivity index (χ2v) is 6.05. The minimum atomic E-state index is -0.469. The van der Waals surface area contributed by atoms with E-state index in [2.05, 4.69) is 15.0 Å². The van der Waals surface area contributed by atoms with Gasteiger partial charge in [0.15, 0.2) is 0 Å². The topological polar surface area (TPSA) is 54.0 Å². The Bertz CT molecular complexity index is 852. The Labute approximate surface area is 141 Å². The first-order valence-corrected chi connectivity index (χ1v) is 8.12. The molecule has 1 heterocycles. The van der Waals surface area contributed by atoms with Gasteiger partial charge in [-0.2, -0.15) is 4.37 Å². The Morgan fingerprint density at radius 1 is 1.22 bits per heavy atom. The molecule has 0 spiro atoms. The average molecular weight is 350 g/mol. The number of carbonyl (C=O) groups is 1. The number of benzene rings is 2. The highest BCUT2D eigenvalue weighted by Crippen LogP contribution is 2.25. The lowest BCUT2D eigenvalue weighted by molar-refractivity contribution is 0.0955. The molecule has 0 saturated heterocycles. The molecule has 2 aromatic carbocycles. The van der Waals surface area contributed by atoms with Crippen molar-refractivity contribution in [2.75, 3.05) is 18.4 Å². The first-order chi connectivity index (χ1) is 11.1. The van der Waals surface area contributed by atoms with Crippen LogP contribution in [0.1, 0.15) is 10.4 Å². The second kappa shape index (κ2) is 6.93. The summed E-state index contributed by atoms with van der Waals surface area (Å²) in [6.45, 7) is 0.927. The van der Waals surface area contributed by atoms with E-state index in [9.17, 15) is 9.18 Å². The summed E-state index contributed by atoms with van der Waals surface area (Å²) in [6, 6.07) is 11.6. The maximum absolute atomic E-state index is 13.0. The molecule has 3 rings (SSSR count). The van der Waals surface area contributed by atoms with Gasteiger partial charge in [0.25, 0.3) is 5.91 Å². The quantitative estimate of drug-likeness (QED) is 0.686. The predicted molar refractivity (Wildman–Crippen MR) is 91.9 cm³/mol. The maximum Gasteiger partial charge on any atom is 0.252 e. The lowest BCUT2D eigenvalue weighted by Crippen LogP contribution is -2.29. The Hall–Kier alpha value is -2.18. The van der Waals surface area contributed by atoms with Crippen molar-refractivity contribution in [1.29, 1.82) is 0 Å². The first kappa shape index (κ1) is 15.7. The third-order valence-corrected chi connectivity index (χ3v) is 4.40. The summed E-state index contributed by atoms with van der Waals surface area (Å²) in [5.41, 5.74) is 0.257. The van der Waals surface area contributed by atoms with Gasteiger partial charge in [-0.25, -0.2) is 4.39 Å². The van der Waals surface area contributed by atoms with Crippen LogP contribution in [0.4, 0.5) is 10.2 Å². The van der Waals surface area contributed by atoms with E-state index in [-0.39, 0.29) is 16.5 Å². The summed E-state index contributed by atoms with van der Waals surface area (Å²) >= 11 is 7.28. The number of fused-ring (bicyclic) bond motifs is 1. The number of anilines is 1. The molecular weight excluding hydrogens is 337 g/mol. The fourth-order valence-electron chi connectivity index (χ4n) is 2.14. The van der Waals surface area contributed by atoms with E-state index in [1.165, 1.54) is 23.7 Å². The molecule has 0 atom stereocenters. The van der Waals surface area contributed by atoms with Gasteiger partial charge in [-0.1, -0.05) is 23.7 Å². The van der Waals surface area contributed by atoms with E-state index in [4.69, 9.17) is 11.6 Å². The van der Waals surface area contributed by atoms with Crippen LogP contribution in [-0.4, -0.2) is 23.4 Å². The summed E-state index contributed by atoms with van der Waals surface area (Å²) < 4.78 is 18.4. The summed E-state index contributed by atoms with van der Waals surface area (Å²) in [5, 5.41) is 7.09. The molecule has 3 aromatic rings. The number of nitrogens with zero attached hydrogens (tertiary/aromatic N) is 1. The van der Waals surface area contributed by atoms with Crippen LogP contribution < -0.4 is 10.6 Å². The number of rotatable bonds is 5. The molecule has 0 radical (unpaired) electrons. The molecule has 4 nitrogen and oxygen atoms in total. The van der Waals surface area contributed by atoms with Crippen LogP contribution in [-0.2, 0) is 0 Å². The Kier molecular flexibility index (Phi) is 4.73. The number of amides is 1. The molecule has 1 aromatic heterocycles. The zero-order valence-electron chi connectivity index (χ0n) is 12.0. The summed E-state index contributed by atoms with van der Waals surface area (Å²) in [5.74, 6) is 0.00299. The lowest BCUT2D eigenvalue weighted by atomic mass is 10.2. The molecule has 118 valence electrons. The molecule has 0 bridgehead atoms. The Morgan fingerprint density at radius 3 is 2.87 bits per heavy atom. The number of nitrogens with one attached hydrogen (secondary N) is 2.